The van der Waals surface area contributed by atoms with Gasteiger partial charge in [-0.2, -0.15) is 0 Å². The van der Waals surface area contributed by atoms with E-state index in [2.05, 4.69) is 19.2 Å². The molecule has 0 aliphatic heterocycles. The van der Waals surface area contributed by atoms with E-state index in [4.69, 9.17) is 16.0 Å². The molecule has 0 aliphatic carbocycles. The first-order chi connectivity index (χ1) is 7.65. The molecular formula is C12H20ClNO2. The van der Waals surface area contributed by atoms with E-state index in [-0.39, 0.29) is 12.0 Å². The molecule has 0 saturated heterocycles. The van der Waals surface area contributed by atoms with E-state index in [0.29, 0.717) is 11.8 Å². The number of nitrogens with one attached hydrogen (secondary N) is 1. The van der Waals surface area contributed by atoms with Crippen LogP contribution >= 0.6 is 11.6 Å². The number of aliphatic hydroxyl groups excluding tert-OH is 1. The largest absolute Gasteiger partial charge is 0.448 e. The summed E-state index contributed by atoms with van der Waals surface area (Å²) in [4.78, 5) is 0. The first-order valence-corrected chi connectivity index (χ1v) is 6.09. The molecule has 2 N–H and O–H groups in total. The summed E-state index contributed by atoms with van der Waals surface area (Å²) in [5.74, 6) is 0.823. The van der Waals surface area contributed by atoms with Gasteiger partial charge in [0, 0.05) is 18.6 Å². The minimum Gasteiger partial charge on any atom is -0.448 e. The number of furan rings is 1. The van der Waals surface area contributed by atoms with E-state index in [9.17, 15) is 5.11 Å². The summed E-state index contributed by atoms with van der Waals surface area (Å²) >= 11 is 5.68. The molecule has 16 heavy (non-hydrogen) atoms. The van der Waals surface area contributed by atoms with Crippen molar-refractivity contribution in [2.45, 2.75) is 33.2 Å². The van der Waals surface area contributed by atoms with Crippen molar-refractivity contribution in [3.8, 4) is 0 Å². The zero-order valence-corrected chi connectivity index (χ0v) is 10.7. The van der Waals surface area contributed by atoms with Crippen LogP contribution in [0, 0.1) is 5.41 Å². The van der Waals surface area contributed by atoms with Crippen LogP contribution in [0.1, 0.15) is 32.4 Å². The maximum Gasteiger partial charge on any atom is 0.193 e. The zero-order valence-electron chi connectivity index (χ0n) is 9.92. The summed E-state index contributed by atoms with van der Waals surface area (Å²) < 4.78 is 5.24. The lowest BCUT2D eigenvalue weighted by atomic mass is 9.83. The summed E-state index contributed by atoms with van der Waals surface area (Å²) in [6, 6.07) is 3.59. The predicted molar refractivity (Wildman–Crippen MR) is 65.5 cm³/mol. The van der Waals surface area contributed by atoms with Crippen molar-refractivity contribution in [3.63, 3.8) is 0 Å². The van der Waals surface area contributed by atoms with Crippen LogP contribution in [-0.4, -0.2) is 18.3 Å². The van der Waals surface area contributed by atoms with Crippen molar-refractivity contribution < 1.29 is 9.52 Å². The highest BCUT2D eigenvalue weighted by molar-refractivity contribution is 6.28. The number of aliphatic hydroxyl groups is 1. The van der Waals surface area contributed by atoms with Crippen LogP contribution in [0.15, 0.2) is 16.5 Å². The summed E-state index contributed by atoms with van der Waals surface area (Å²) in [6.45, 7) is 5.85. The molecule has 3 nitrogen and oxygen atoms in total. The molecular weight excluding hydrogens is 226 g/mol. The Morgan fingerprint density at radius 3 is 2.50 bits per heavy atom. The quantitative estimate of drug-likeness (QED) is 0.777. The Morgan fingerprint density at radius 1 is 1.38 bits per heavy atom. The lowest BCUT2D eigenvalue weighted by Gasteiger charge is -2.29. The Kier molecular flexibility index (Phi) is 5.32. The van der Waals surface area contributed by atoms with Crippen LogP contribution in [0.4, 0.5) is 0 Å². The Balaban J connectivity index is 2.39. The fraction of sp³-hybridized carbons (Fsp3) is 0.667. The fourth-order valence-electron chi connectivity index (χ4n) is 1.68. The molecule has 0 spiro atoms. The first-order valence-electron chi connectivity index (χ1n) is 5.71. The standard InChI is InChI=1S/C12H20ClNO2/c1-3-12(4-2,9-15)8-14-7-10-5-6-11(13)16-10/h5-6,14-15H,3-4,7-9H2,1-2H3. The molecule has 0 amide bonds. The maximum atomic E-state index is 9.39. The first kappa shape index (κ1) is 13.6. The highest BCUT2D eigenvalue weighted by Gasteiger charge is 2.24. The van der Waals surface area contributed by atoms with E-state index in [0.717, 1.165) is 25.1 Å². The average molecular weight is 246 g/mol. The third-order valence-corrected chi connectivity index (χ3v) is 3.47. The molecule has 1 aromatic heterocycles. The SMILES string of the molecule is CCC(CC)(CO)CNCc1ccc(Cl)o1. The van der Waals surface area contributed by atoms with Crippen molar-refractivity contribution >= 4 is 11.6 Å². The van der Waals surface area contributed by atoms with Crippen LogP contribution in [0.3, 0.4) is 0 Å². The van der Waals surface area contributed by atoms with Gasteiger partial charge in [0.15, 0.2) is 5.22 Å². The number of halogens is 1. The van der Waals surface area contributed by atoms with Crippen LogP contribution in [0.5, 0.6) is 0 Å². The van der Waals surface area contributed by atoms with E-state index >= 15 is 0 Å². The highest BCUT2D eigenvalue weighted by Crippen LogP contribution is 2.24. The van der Waals surface area contributed by atoms with E-state index < -0.39 is 0 Å². The van der Waals surface area contributed by atoms with Crippen LogP contribution in [-0.2, 0) is 6.54 Å². The molecule has 92 valence electrons. The third kappa shape index (κ3) is 3.51. The van der Waals surface area contributed by atoms with Crippen LogP contribution in [0.2, 0.25) is 5.22 Å². The van der Waals surface area contributed by atoms with Gasteiger partial charge in [0.1, 0.15) is 5.76 Å². The van der Waals surface area contributed by atoms with Gasteiger partial charge in [-0.05, 0) is 36.6 Å². The summed E-state index contributed by atoms with van der Waals surface area (Å²) in [7, 11) is 0. The topological polar surface area (TPSA) is 45.4 Å². The third-order valence-electron chi connectivity index (χ3n) is 3.26. The number of hydrogen-bond acceptors (Lipinski definition) is 3. The molecule has 0 aliphatic rings. The van der Waals surface area contributed by atoms with Crippen LogP contribution < -0.4 is 5.32 Å². The second kappa shape index (κ2) is 6.28. The molecule has 0 unspecified atom stereocenters. The maximum absolute atomic E-state index is 9.39. The lowest BCUT2D eigenvalue weighted by molar-refractivity contribution is 0.112. The lowest BCUT2D eigenvalue weighted by Crippen LogP contribution is -2.36. The Morgan fingerprint density at radius 2 is 2.06 bits per heavy atom. The average Bonchev–Trinajstić information content (AvgIpc) is 2.71. The molecule has 0 radical (unpaired) electrons. The molecule has 0 saturated carbocycles. The van der Waals surface area contributed by atoms with Gasteiger partial charge in [-0.25, -0.2) is 0 Å². The Labute approximate surface area is 102 Å². The van der Waals surface area contributed by atoms with Crippen molar-refractivity contribution in [2.75, 3.05) is 13.2 Å². The van der Waals surface area contributed by atoms with E-state index in [1.807, 2.05) is 6.07 Å². The van der Waals surface area contributed by atoms with Crippen molar-refractivity contribution in [3.05, 3.63) is 23.1 Å². The number of hydrogen-bond donors (Lipinski definition) is 2. The van der Waals surface area contributed by atoms with Crippen molar-refractivity contribution in [1.82, 2.24) is 5.32 Å². The summed E-state index contributed by atoms with van der Waals surface area (Å²) in [6.07, 6.45) is 1.93. The molecule has 1 rings (SSSR count). The van der Waals surface area contributed by atoms with Gasteiger partial charge in [-0.1, -0.05) is 13.8 Å². The van der Waals surface area contributed by atoms with Gasteiger partial charge in [0.25, 0.3) is 0 Å². The monoisotopic (exact) mass is 245 g/mol. The summed E-state index contributed by atoms with van der Waals surface area (Å²) in [5.41, 5.74) is -0.0175. The molecule has 1 aromatic rings. The smallest absolute Gasteiger partial charge is 0.193 e. The predicted octanol–water partition coefficient (Wildman–Crippen LogP) is 2.82. The van der Waals surface area contributed by atoms with Gasteiger partial charge in [0.2, 0.25) is 0 Å². The molecule has 0 aromatic carbocycles. The minimum atomic E-state index is -0.0175. The van der Waals surface area contributed by atoms with Gasteiger partial charge in [-0.15, -0.1) is 0 Å². The normalized spacial score (nSPS) is 12.0. The number of rotatable bonds is 7. The molecule has 1 heterocycles. The van der Waals surface area contributed by atoms with Gasteiger partial charge >= 0.3 is 0 Å². The molecule has 0 atom stereocenters. The van der Waals surface area contributed by atoms with Crippen molar-refractivity contribution in [1.29, 1.82) is 0 Å². The van der Waals surface area contributed by atoms with Crippen LogP contribution in [0.25, 0.3) is 0 Å². The Bertz CT molecular complexity index is 299. The summed E-state index contributed by atoms with van der Waals surface area (Å²) in [5, 5.41) is 13.1. The van der Waals surface area contributed by atoms with Gasteiger partial charge in [0.05, 0.1) is 6.54 Å². The molecule has 4 heteroatoms. The van der Waals surface area contributed by atoms with Gasteiger partial charge in [-0.3, -0.25) is 0 Å². The van der Waals surface area contributed by atoms with Gasteiger partial charge < -0.3 is 14.8 Å². The fourth-order valence-corrected chi connectivity index (χ4v) is 1.84. The van der Waals surface area contributed by atoms with Crippen molar-refractivity contribution in [2.24, 2.45) is 5.41 Å². The highest BCUT2D eigenvalue weighted by atomic mass is 35.5. The minimum absolute atomic E-state index is 0.0175. The molecule has 0 fully saturated rings. The Hall–Kier alpha value is -0.510. The van der Waals surface area contributed by atoms with E-state index in [1.54, 1.807) is 6.07 Å². The second-order valence-corrected chi connectivity index (χ2v) is 4.55. The zero-order chi connectivity index (χ0) is 12.0. The van der Waals surface area contributed by atoms with E-state index in [1.165, 1.54) is 0 Å². The second-order valence-electron chi connectivity index (χ2n) is 4.17. The molecule has 0 bridgehead atoms.